The van der Waals surface area contributed by atoms with Gasteiger partial charge in [0.05, 0.1) is 13.2 Å². The zero-order valence-corrected chi connectivity index (χ0v) is 16.7. The summed E-state index contributed by atoms with van der Waals surface area (Å²) in [5.74, 6) is -0.515. The molecule has 0 spiro atoms. The summed E-state index contributed by atoms with van der Waals surface area (Å²) >= 11 is 0. The van der Waals surface area contributed by atoms with Gasteiger partial charge in [-0.15, -0.1) is 0 Å². The molecule has 7 nitrogen and oxygen atoms in total. The molecule has 1 aromatic rings. The van der Waals surface area contributed by atoms with Crippen LogP contribution < -0.4 is 0 Å². The Morgan fingerprint density at radius 2 is 2.21 bits per heavy atom. The van der Waals surface area contributed by atoms with Crippen LogP contribution in [0.15, 0.2) is 72.4 Å². The first-order valence-electron chi connectivity index (χ1n) is 9.56. The van der Waals surface area contributed by atoms with Gasteiger partial charge in [-0.05, 0) is 23.9 Å². The van der Waals surface area contributed by atoms with Crippen LogP contribution in [0, 0.1) is 5.92 Å². The van der Waals surface area contributed by atoms with E-state index < -0.39 is 12.1 Å². The monoisotopic (exact) mass is 396 g/mol. The van der Waals surface area contributed by atoms with E-state index in [1.165, 1.54) is 7.11 Å². The third-order valence-electron chi connectivity index (χ3n) is 5.19. The topological polar surface area (TPSA) is 98.5 Å². The van der Waals surface area contributed by atoms with E-state index in [-0.39, 0.29) is 30.9 Å². The largest absolute Gasteiger partial charge is 0.468 e. The normalized spacial score (nSPS) is 21.5. The molecule has 0 radical (unpaired) electrons. The van der Waals surface area contributed by atoms with Gasteiger partial charge in [0.25, 0.3) is 0 Å². The van der Waals surface area contributed by atoms with Crippen LogP contribution in [0.2, 0.25) is 0 Å². The maximum Gasteiger partial charge on any atom is 0.323 e. The first-order valence-corrected chi connectivity index (χ1v) is 9.56. The summed E-state index contributed by atoms with van der Waals surface area (Å²) in [6.45, 7) is 8.51. The predicted octanol–water partition coefficient (Wildman–Crippen LogP) is 3.43. The lowest BCUT2D eigenvalue weighted by molar-refractivity contribution is -0.148. The van der Waals surface area contributed by atoms with Gasteiger partial charge in [-0.2, -0.15) is 0 Å². The Morgan fingerprint density at radius 3 is 2.83 bits per heavy atom. The molecular formula is C22H28N4O3. The van der Waals surface area contributed by atoms with E-state index in [0.717, 1.165) is 11.1 Å². The number of ether oxygens (including phenoxy) is 1. The molecule has 0 aromatic heterocycles. The Bertz CT molecular complexity index is 787. The van der Waals surface area contributed by atoms with Crippen LogP contribution >= 0.6 is 0 Å². The van der Waals surface area contributed by atoms with E-state index >= 15 is 0 Å². The highest BCUT2D eigenvalue weighted by molar-refractivity contribution is 5.76. The highest BCUT2D eigenvalue weighted by Crippen LogP contribution is 2.35. The van der Waals surface area contributed by atoms with Crippen LogP contribution in [0.25, 0.3) is 10.4 Å². The van der Waals surface area contributed by atoms with Crippen molar-refractivity contribution in [3.63, 3.8) is 0 Å². The van der Waals surface area contributed by atoms with Crippen LogP contribution in [0.5, 0.6) is 0 Å². The molecule has 1 N–H and O–H groups in total. The SMILES string of the molecule is C=C/C=C/[C@@H]1C(=C)CN([C@@H](Cc2ccccc2)C(=O)OC)[C@H]1[C@@H](O)CCN=[N+]=[N-]. The first-order chi connectivity index (χ1) is 14.0. The molecule has 29 heavy (non-hydrogen) atoms. The number of azide groups is 1. The Hall–Kier alpha value is -2.86. The fourth-order valence-corrected chi connectivity index (χ4v) is 3.83. The van der Waals surface area contributed by atoms with Gasteiger partial charge in [0.15, 0.2) is 0 Å². The number of aliphatic hydroxyl groups excluding tert-OH is 1. The number of allylic oxidation sites excluding steroid dienone is 2. The second-order valence-corrected chi connectivity index (χ2v) is 7.01. The summed E-state index contributed by atoms with van der Waals surface area (Å²) in [5, 5.41) is 14.5. The van der Waals surface area contributed by atoms with Crippen molar-refractivity contribution in [3.8, 4) is 0 Å². The molecule has 2 rings (SSSR count). The molecule has 1 aromatic carbocycles. The van der Waals surface area contributed by atoms with Crippen LogP contribution in [0.1, 0.15) is 12.0 Å². The van der Waals surface area contributed by atoms with Gasteiger partial charge < -0.3 is 9.84 Å². The maximum atomic E-state index is 12.7. The van der Waals surface area contributed by atoms with Crippen molar-refractivity contribution >= 4 is 5.97 Å². The summed E-state index contributed by atoms with van der Waals surface area (Å²) in [6, 6.07) is 8.74. The fourth-order valence-electron chi connectivity index (χ4n) is 3.83. The van der Waals surface area contributed by atoms with Crippen LogP contribution in [0.3, 0.4) is 0 Å². The first kappa shape index (κ1) is 22.4. The molecular weight excluding hydrogens is 368 g/mol. The molecule has 1 saturated heterocycles. The summed E-state index contributed by atoms with van der Waals surface area (Å²) in [6.07, 6.45) is 5.36. The average Bonchev–Trinajstić information content (AvgIpc) is 3.06. The van der Waals surface area contributed by atoms with Gasteiger partial charge in [0, 0.05) is 30.0 Å². The minimum Gasteiger partial charge on any atom is -0.468 e. The standard InChI is InChI=1S/C22H28N4O3/c1-4-5-11-18-16(2)15-26(21(18)20(27)12-13-24-25-23)19(22(28)29-3)14-17-9-7-6-8-10-17/h4-11,18-21,27H,1-2,12-15H2,3H3/b11-5+/t18-,19+,20+,21-/m1/s1. The van der Waals surface area contributed by atoms with E-state index in [0.29, 0.717) is 13.0 Å². The predicted molar refractivity (Wildman–Crippen MR) is 113 cm³/mol. The second kappa shape index (κ2) is 11.2. The van der Waals surface area contributed by atoms with E-state index in [4.69, 9.17) is 10.3 Å². The van der Waals surface area contributed by atoms with Crippen molar-refractivity contribution in [2.24, 2.45) is 11.0 Å². The number of methoxy groups -OCH3 is 1. The highest BCUT2D eigenvalue weighted by atomic mass is 16.5. The summed E-state index contributed by atoms with van der Waals surface area (Å²) < 4.78 is 5.08. The Kier molecular flexibility index (Phi) is 8.68. The van der Waals surface area contributed by atoms with Crippen molar-refractivity contribution < 1.29 is 14.6 Å². The van der Waals surface area contributed by atoms with E-state index in [1.807, 2.05) is 47.4 Å². The maximum absolute atomic E-state index is 12.7. The number of likely N-dealkylation sites (tertiary alicyclic amines) is 1. The van der Waals surface area contributed by atoms with Gasteiger partial charge >= 0.3 is 5.97 Å². The lowest BCUT2D eigenvalue weighted by Gasteiger charge is -2.35. The molecule has 1 aliphatic rings. The van der Waals surface area contributed by atoms with Crippen LogP contribution in [-0.2, 0) is 16.0 Å². The highest BCUT2D eigenvalue weighted by Gasteiger charge is 2.45. The zero-order chi connectivity index (χ0) is 21.2. The third-order valence-corrected chi connectivity index (χ3v) is 5.19. The minimum atomic E-state index is -0.804. The number of rotatable bonds is 10. The summed E-state index contributed by atoms with van der Waals surface area (Å²) in [4.78, 5) is 17.4. The van der Waals surface area contributed by atoms with Crippen molar-refractivity contribution in [1.82, 2.24) is 4.90 Å². The lowest BCUT2D eigenvalue weighted by Crippen LogP contribution is -2.51. The van der Waals surface area contributed by atoms with E-state index in [9.17, 15) is 9.90 Å². The number of hydrogen-bond donors (Lipinski definition) is 1. The number of esters is 1. The fraction of sp³-hybridized carbons (Fsp3) is 0.409. The van der Waals surface area contributed by atoms with Crippen molar-refractivity contribution in [2.45, 2.75) is 31.0 Å². The van der Waals surface area contributed by atoms with Crippen LogP contribution in [0.4, 0.5) is 0 Å². The molecule has 1 aliphatic heterocycles. The Morgan fingerprint density at radius 1 is 1.48 bits per heavy atom. The van der Waals surface area contributed by atoms with Gasteiger partial charge in [0.1, 0.15) is 6.04 Å². The molecule has 0 bridgehead atoms. The lowest BCUT2D eigenvalue weighted by atomic mass is 9.90. The number of carbonyl (C=O) groups is 1. The number of carbonyl (C=O) groups excluding carboxylic acids is 1. The van der Waals surface area contributed by atoms with Gasteiger partial charge in [-0.25, -0.2) is 0 Å². The second-order valence-electron chi connectivity index (χ2n) is 7.01. The molecule has 1 fully saturated rings. The molecule has 154 valence electrons. The molecule has 1 heterocycles. The number of aliphatic hydroxyl groups is 1. The van der Waals surface area contributed by atoms with Crippen molar-refractivity contribution in [3.05, 3.63) is 83.3 Å². The van der Waals surface area contributed by atoms with Gasteiger partial charge in [0.2, 0.25) is 0 Å². The zero-order valence-electron chi connectivity index (χ0n) is 16.7. The smallest absolute Gasteiger partial charge is 0.323 e. The molecule has 0 aliphatic carbocycles. The van der Waals surface area contributed by atoms with Crippen molar-refractivity contribution in [1.29, 1.82) is 0 Å². The number of benzene rings is 1. The number of hydrogen-bond acceptors (Lipinski definition) is 5. The molecule has 7 heteroatoms. The third kappa shape index (κ3) is 5.81. The summed E-state index contributed by atoms with van der Waals surface area (Å²) in [5.41, 5.74) is 10.4. The van der Waals surface area contributed by atoms with E-state index in [1.54, 1.807) is 6.08 Å². The average molecular weight is 396 g/mol. The van der Waals surface area contributed by atoms with Crippen LogP contribution in [-0.4, -0.2) is 54.4 Å². The molecule has 4 atom stereocenters. The summed E-state index contributed by atoms with van der Waals surface area (Å²) in [7, 11) is 1.37. The quantitative estimate of drug-likeness (QED) is 0.164. The molecule has 0 unspecified atom stereocenters. The molecule has 0 saturated carbocycles. The number of nitrogens with zero attached hydrogens (tertiary/aromatic N) is 4. The Balaban J connectivity index is 2.37. The minimum absolute atomic E-state index is 0.156. The van der Waals surface area contributed by atoms with Gasteiger partial charge in [-0.1, -0.05) is 72.4 Å². The molecule has 0 amide bonds. The van der Waals surface area contributed by atoms with Gasteiger partial charge in [-0.3, -0.25) is 9.69 Å². The Labute approximate surface area is 171 Å². The van der Waals surface area contributed by atoms with E-state index in [2.05, 4.69) is 23.2 Å². The van der Waals surface area contributed by atoms with Crippen molar-refractivity contribution in [2.75, 3.05) is 20.2 Å².